The Bertz CT molecular complexity index is 544. The summed E-state index contributed by atoms with van der Waals surface area (Å²) in [5.41, 5.74) is 4.84. The minimum atomic E-state index is -2.39. The number of halogens is 2. The number of allylic oxidation sites excluding steroid dienone is 2. The molecule has 18 heavy (non-hydrogen) atoms. The van der Waals surface area contributed by atoms with Crippen molar-refractivity contribution in [1.82, 2.24) is 10.3 Å². The van der Waals surface area contributed by atoms with Crippen LogP contribution in [0.1, 0.15) is 0 Å². The summed E-state index contributed by atoms with van der Waals surface area (Å²) >= 11 is 0. The fraction of sp³-hybridized carbons (Fsp3) is 0.0909. The number of nitrogens with two attached hydrogens (primary N) is 1. The van der Waals surface area contributed by atoms with Crippen molar-refractivity contribution in [2.24, 2.45) is 5.73 Å². The van der Waals surface area contributed by atoms with E-state index in [-0.39, 0.29) is 11.3 Å². The minimum Gasteiger partial charge on any atom is -0.366 e. The molecule has 0 radical (unpaired) electrons. The van der Waals surface area contributed by atoms with Crippen LogP contribution in [0.25, 0.3) is 0 Å². The maximum atomic E-state index is 14.5. The molecule has 0 saturated carbocycles. The number of nitrogens with zero attached hydrogens (tertiary/aromatic N) is 1. The predicted octanol–water partition coefficient (Wildman–Crippen LogP) is 0.784. The van der Waals surface area contributed by atoms with Gasteiger partial charge in [0.25, 0.3) is 11.8 Å². The van der Waals surface area contributed by atoms with Gasteiger partial charge in [-0.25, -0.2) is 4.39 Å². The van der Waals surface area contributed by atoms with Crippen molar-refractivity contribution in [1.29, 1.82) is 0 Å². The Hall–Kier alpha value is -2.44. The van der Waals surface area contributed by atoms with E-state index >= 15 is 0 Å². The molecule has 2 heterocycles. The molecule has 2 rings (SSSR count). The number of nitrogens with one attached hydrogen (secondary N) is 2. The SMILES string of the molecule is NC(=O)C1=CC=CNC1(F)Nc1cncc(F)c1. The number of carbonyl (C=O) groups excluding carboxylic acids is 1. The second kappa shape index (κ2) is 4.44. The summed E-state index contributed by atoms with van der Waals surface area (Å²) in [7, 11) is 0. The van der Waals surface area contributed by atoms with Crippen LogP contribution in [0.2, 0.25) is 0 Å². The predicted molar refractivity (Wildman–Crippen MR) is 61.2 cm³/mol. The van der Waals surface area contributed by atoms with E-state index in [4.69, 9.17) is 5.73 Å². The van der Waals surface area contributed by atoms with E-state index in [0.717, 1.165) is 12.3 Å². The van der Waals surface area contributed by atoms with Gasteiger partial charge in [-0.2, -0.15) is 4.39 Å². The highest BCUT2D eigenvalue weighted by Gasteiger charge is 2.37. The number of alkyl halides is 1. The molecule has 1 amide bonds. The number of hydrogen-bond acceptors (Lipinski definition) is 4. The maximum absolute atomic E-state index is 14.5. The zero-order valence-corrected chi connectivity index (χ0v) is 9.15. The first kappa shape index (κ1) is 12.0. The first-order valence-electron chi connectivity index (χ1n) is 5.04. The molecule has 0 spiro atoms. The van der Waals surface area contributed by atoms with Gasteiger partial charge in [-0.15, -0.1) is 0 Å². The number of hydrogen-bond donors (Lipinski definition) is 3. The Morgan fingerprint density at radius 1 is 1.50 bits per heavy atom. The normalized spacial score (nSPS) is 22.0. The lowest BCUT2D eigenvalue weighted by molar-refractivity contribution is -0.115. The van der Waals surface area contributed by atoms with Crippen LogP contribution in [0.4, 0.5) is 14.5 Å². The highest BCUT2D eigenvalue weighted by atomic mass is 19.2. The van der Waals surface area contributed by atoms with Crippen LogP contribution >= 0.6 is 0 Å². The van der Waals surface area contributed by atoms with Gasteiger partial charge in [-0.05, 0) is 12.2 Å². The first-order valence-corrected chi connectivity index (χ1v) is 5.04. The van der Waals surface area contributed by atoms with E-state index in [1.54, 1.807) is 0 Å². The van der Waals surface area contributed by atoms with E-state index in [1.807, 2.05) is 0 Å². The Labute approximate surface area is 101 Å². The number of carbonyl (C=O) groups is 1. The van der Waals surface area contributed by atoms with Crippen molar-refractivity contribution in [3.05, 3.63) is 48.2 Å². The lowest BCUT2D eigenvalue weighted by atomic mass is 10.1. The van der Waals surface area contributed by atoms with Crippen LogP contribution < -0.4 is 16.4 Å². The summed E-state index contributed by atoms with van der Waals surface area (Å²) in [6.07, 6.45) is 6.17. The molecule has 7 heteroatoms. The number of aromatic nitrogens is 1. The zero-order chi connectivity index (χ0) is 13.2. The molecule has 1 aromatic rings. The van der Waals surface area contributed by atoms with Crippen LogP contribution in [0, 0.1) is 5.82 Å². The molecule has 94 valence electrons. The molecule has 4 N–H and O–H groups in total. The molecule has 1 aromatic heterocycles. The van der Waals surface area contributed by atoms with Crippen molar-refractivity contribution in [2.45, 2.75) is 5.92 Å². The van der Waals surface area contributed by atoms with Gasteiger partial charge in [0.05, 0.1) is 23.7 Å². The molecule has 0 bridgehead atoms. The molecule has 0 fully saturated rings. The van der Waals surface area contributed by atoms with Crippen molar-refractivity contribution < 1.29 is 13.6 Å². The molecule has 1 aliphatic heterocycles. The maximum Gasteiger partial charge on any atom is 0.287 e. The Kier molecular flexibility index (Phi) is 2.97. The average Bonchev–Trinajstić information content (AvgIpc) is 2.28. The van der Waals surface area contributed by atoms with Gasteiger partial charge in [-0.3, -0.25) is 9.78 Å². The standard InChI is InChI=1S/C11H10F2N4O/c12-7-4-8(6-15-5-7)17-11(13)9(10(14)18)2-1-3-16-11/h1-6,16-17H,(H2,14,18). The third-order valence-electron chi connectivity index (χ3n) is 2.30. The Morgan fingerprint density at radius 2 is 2.28 bits per heavy atom. The van der Waals surface area contributed by atoms with Crippen LogP contribution in [-0.4, -0.2) is 16.8 Å². The molecular formula is C11H10F2N4O. The van der Waals surface area contributed by atoms with Crippen LogP contribution in [0.15, 0.2) is 42.4 Å². The third-order valence-corrected chi connectivity index (χ3v) is 2.30. The van der Waals surface area contributed by atoms with Gasteiger partial charge in [0.1, 0.15) is 5.82 Å². The van der Waals surface area contributed by atoms with Gasteiger partial charge >= 0.3 is 0 Å². The first-order chi connectivity index (χ1) is 8.51. The molecule has 5 nitrogen and oxygen atoms in total. The molecule has 1 unspecified atom stereocenters. The zero-order valence-electron chi connectivity index (χ0n) is 9.15. The smallest absolute Gasteiger partial charge is 0.287 e. The second-order valence-corrected chi connectivity index (χ2v) is 3.62. The molecule has 0 aliphatic carbocycles. The van der Waals surface area contributed by atoms with Crippen molar-refractivity contribution in [3.63, 3.8) is 0 Å². The molecule has 1 atom stereocenters. The summed E-state index contributed by atoms with van der Waals surface area (Å²) in [5, 5.41) is 4.65. The number of primary amides is 1. The number of dihydropyridines is 1. The monoisotopic (exact) mass is 252 g/mol. The summed E-state index contributed by atoms with van der Waals surface area (Å²) in [6.45, 7) is 0. The highest BCUT2D eigenvalue weighted by Crippen LogP contribution is 2.24. The summed E-state index contributed by atoms with van der Waals surface area (Å²) in [5.74, 6) is -3.94. The summed E-state index contributed by atoms with van der Waals surface area (Å²) < 4.78 is 27.4. The van der Waals surface area contributed by atoms with E-state index in [1.165, 1.54) is 24.5 Å². The van der Waals surface area contributed by atoms with Crippen LogP contribution in [0.3, 0.4) is 0 Å². The van der Waals surface area contributed by atoms with Crippen LogP contribution in [0.5, 0.6) is 0 Å². The quantitative estimate of drug-likeness (QED) is 0.695. The molecular weight excluding hydrogens is 242 g/mol. The number of pyridine rings is 1. The van der Waals surface area contributed by atoms with Gasteiger partial charge in [0.2, 0.25) is 0 Å². The second-order valence-electron chi connectivity index (χ2n) is 3.62. The Morgan fingerprint density at radius 3 is 2.94 bits per heavy atom. The third kappa shape index (κ3) is 2.29. The van der Waals surface area contributed by atoms with E-state index in [0.29, 0.717) is 0 Å². The fourth-order valence-corrected chi connectivity index (χ4v) is 1.53. The van der Waals surface area contributed by atoms with Gasteiger partial charge in [0.15, 0.2) is 0 Å². The van der Waals surface area contributed by atoms with Crippen molar-refractivity contribution in [2.75, 3.05) is 5.32 Å². The number of amides is 1. The average molecular weight is 252 g/mol. The lowest BCUT2D eigenvalue weighted by Crippen LogP contribution is -2.51. The van der Waals surface area contributed by atoms with Crippen molar-refractivity contribution in [3.8, 4) is 0 Å². The summed E-state index contributed by atoms with van der Waals surface area (Å²) in [6, 6.07) is 1.05. The minimum absolute atomic E-state index is 0.0763. The van der Waals surface area contributed by atoms with Gasteiger partial charge in [0, 0.05) is 12.3 Å². The van der Waals surface area contributed by atoms with Crippen LogP contribution in [-0.2, 0) is 4.79 Å². The number of rotatable bonds is 3. The lowest BCUT2D eigenvalue weighted by Gasteiger charge is -2.30. The largest absolute Gasteiger partial charge is 0.366 e. The summed E-state index contributed by atoms with van der Waals surface area (Å²) in [4.78, 5) is 14.7. The number of anilines is 1. The van der Waals surface area contributed by atoms with E-state index < -0.39 is 17.6 Å². The van der Waals surface area contributed by atoms with Gasteiger partial charge in [-0.1, -0.05) is 0 Å². The van der Waals surface area contributed by atoms with Crippen molar-refractivity contribution >= 4 is 11.6 Å². The molecule has 0 aromatic carbocycles. The van der Waals surface area contributed by atoms with E-state index in [9.17, 15) is 13.6 Å². The highest BCUT2D eigenvalue weighted by molar-refractivity contribution is 5.95. The Balaban J connectivity index is 2.29. The molecule has 1 aliphatic rings. The van der Waals surface area contributed by atoms with Gasteiger partial charge < -0.3 is 16.4 Å². The van der Waals surface area contributed by atoms with E-state index in [2.05, 4.69) is 15.6 Å². The topological polar surface area (TPSA) is 80.0 Å². The molecule has 0 saturated heterocycles. The fourth-order valence-electron chi connectivity index (χ4n) is 1.53.